The molecule has 4 nitrogen and oxygen atoms in total. The number of ketones is 1. The van der Waals surface area contributed by atoms with Gasteiger partial charge in [-0.2, -0.15) is 5.26 Å². The van der Waals surface area contributed by atoms with E-state index < -0.39 is 0 Å². The van der Waals surface area contributed by atoms with E-state index in [1.807, 2.05) is 11.9 Å². The summed E-state index contributed by atoms with van der Waals surface area (Å²) < 4.78 is 0. The second-order valence-corrected chi connectivity index (χ2v) is 4.05. The summed E-state index contributed by atoms with van der Waals surface area (Å²) in [6.07, 6.45) is 0.448. The van der Waals surface area contributed by atoms with Gasteiger partial charge in [-0.25, -0.2) is 0 Å². The molecule has 0 radical (unpaired) electrons. The second-order valence-electron chi connectivity index (χ2n) is 4.05. The highest BCUT2D eigenvalue weighted by Crippen LogP contribution is 2.20. The normalized spacial score (nSPS) is 10.2. The van der Waals surface area contributed by atoms with Crippen molar-refractivity contribution in [3.8, 4) is 11.8 Å². The Hall–Kier alpha value is -1.86. The van der Waals surface area contributed by atoms with Crippen LogP contribution < -0.4 is 0 Å². The van der Waals surface area contributed by atoms with Gasteiger partial charge in [-0.1, -0.05) is 0 Å². The fourth-order valence-corrected chi connectivity index (χ4v) is 1.54. The highest BCUT2D eigenvalue weighted by atomic mass is 16.3. The number of nitriles is 1. The summed E-state index contributed by atoms with van der Waals surface area (Å²) in [5, 5.41) is 18.2. The van der Waals surface area contributed by atoms with Gasteiger partial charge in [0.1, 0.15) is 5.75 Å². The third-order valence-corrected chi connectivity index (χ3v) is 2.53. The molecule has 0 saturated heterocycles. The minimum atomic E-state index is -0.0223. The van der Waals surface area contributed by atoms with Gasteiger partial charge in [0, 0.05) is 30.6 Å². The molecule has 1 aromatic rings. The van der Waals surface area contributed by atoms with Gasteiger partial charge in [-0.05, 0) is 32.2 Å². The van der Waals surface area contributed by atoms with E-state index in [9.17, 15) is 9.90 Å². The number of nitrogens with zero attached hydrogens (tertiary/aromatic N) is 2. The molecule has 0 unspecified atom stereocenters. The molecule has 1 rings (SSSR count). The van der Waals surface area contributed by atoms with Gasteiger partial charge in [0.25, 0.3) is 0 Å². The minimum absolute atomic E-state index is 0.0223. The van der Waals surface area contributed by atoms with Gasteiger partial charge < -0.3 is 10.0 Å². The highest BCUT2D eigenvalue weighted by Gasteiger charge is 2.08. The van der Waals surface area contributed by atoms with E-state index in [-0.39, 0.29) is 11.5 Å². The molecule has 0 amide bonds. The van der Waals surface area contributed by atoms with Crippen LogP contribution in [0.15, 0.2) is 18.2 Å². The van der Waals surface area contributed by atoms with Crippen LogP contribution in [0.4, 0.5) is 0 Å². The minimum Gasteiger partial charge on any atom is -0.508 e. The van der Waals surface area contributed by atoms with E-state index >= 15 is 0 Å². The maximum atomic E-state index is 11.2. The molecule has 17 heavy (non-hydrogen) atoms. The Kier molecular flexibility index (Phi) is 4.68. The maximum Gasteiger partial charge on any atom is 0.159 e. The molecule has 1 aromatic carbocycles. The molecule has 0 spiro atoms. The molecule has 0 aliphatic rings. The van der Waals surface area contributed by atoms with Gasteiger partial charge >= 0.3 is 0 Å². The van der Waals surface area contributed by atoms with Crippen LogP contribution in [-0.2, 0) is 6.54 Å². The van der Waals surface area contributed by atoms with E-state index in [1.54, 1.807) is 12.1 Å². The van der Waals surface area contributed by atoms with E-state index in [1.165, 1.54) is 13.0 Å². The van der Waals surface area contributed by atoms with Gasteiger partial charge in [-0.15, -0.1) is 0 Å². The number of carbonyl (C=O) groups is 1. The Balaban J connectivity index is 2.79. The zero-order chi connectivity index (χ0) is 12.8. The third kappa shape index (κ3) is 3.89. The molecule has 0 bridgehead atoms. The molecule has 0 aliphatic carbocycles. The number of aromatic hydroxyl groups is 1. The maximum absolute atomic E-state index is 11.2. The smallest absolute Gasteiger partial charge is 0.159 e. The fraction of sp³-hybridized carbons (Fsp3) is 0.385. The van der Waals surface area contributed by atoms with Crippen molar-refractivity contribution in [3.05, 3.63) is 29.3 Å². The topological polar surface area (TPSA) is 64.3 Å². The first-order chi connectivity index (χ1) is 8.04. The van der Waals surface area contributed by atoms with Crippen LogP contribution in [0.2, 0.25) is 0 Å². The van der Waals surface area contributed by atoms with Crippen molar-refractivity contribution in [2.75, 3.05) is 13.6 Å². The highest BCUT2D eigenvalue weighted by molar-refractivity contribution is 5.94. The summed E-state index contributed by atoms with van der Waals surface area (Å²) in [5.74, 6) is 0.157. The van der Waals surface area contributed by atoms with E-state index in [4.69, 9.17) is 5.26 Å². The van der Waals surface area contributed by atoms with Crippen molar-refractivity contribution in [2.24, 2.45) is 0 Å². The fourth-order valence-electron chi connectivity index (χ4n) is 1.54. The summed E-state index contributed by atoms with van der Waals surface area (Å²) >= 11 is 0. The lowest BCUT2D eigenvalue weighted by molar-refractivity contribution is 0.101. The molecule has 0 aliphatic heterocycles. The molecular weight excluding hydrogens is 216 g/mol. The lowest BCUT2D eigenvalue weighted by atomic mass is 10.1. The Morgan fingerprint density at radius 2 is 2.24 bits per heavy atom. The van der Waals surface area contributed by atoms with Crippen LogP contribution in [-0.4, -0.2) is 29.4 Å². The number of rotatable bonds is 5. The number of hydrogen-bond acceptors (Lipinski definition) is 4. The summed E-state index contributed by atoms with van der Waals surface area (Å²) in [4.78, 5) is 13.2. The SMILES string of the molecule is CC(=O)c1ccc(O)c(CN(C)CCC#N)c1. The van der Waals surface area contributed by atoms with E-state index in [0.29, 0.717) is 30.6 Å². The van der Waals surface area contributed by atoms with Crippen molar-refractivity contribution in [1.82, 2.24) is 4.90 Å². The number of phenolic OH excluding ortho intramolecular Hbond substituents is 1. The Morgan fingerprint density at radius 1 is 1.53 bits per heavy atom. The largest absolute Gasteiger partial charge is 0.508 e. The molecule has 1 N–H and O–H groups in total. The average Bonchev–Trinajstić information content (AvgIpc) is 2.29. The Bertz CT molecular complexity index is 449. The third-order valence-electron chi connectivity index (χ3n) is 2.53. The van der Waals surface area contributed by atoms with E-state index in [0.717, 1.165) is 0 Å². The van der Waals surface area contributed by atoms with Crippen molar-refractivity contribution >= 4 is 5.78 Å². The first-order valence-corrected chi connectivity index (χ1v) is 5.43. The van der Waals surface area contributed by atoms with Crippen molar-refractivity contribution < 1.29 is 9.90 Å². The van der Waals surface area contributed by atoms with Crippen molar-refractivity contribution in [2.45, 2.75) is 19.9 Å². The number of hydrogen-bond donors (Lipinski definition) is 1. The van der Waals surface area contributed by atoms with Gasteiger partial charge in [0.15, 0.2) is 5.78 Å². The second kappa shape index (κ2) is 6.02. The lowest BCUT2D eigenvalue weighted by Gasteiger charge is -2.16. The van der Waals surface area contributed by atoms with Crippen molar-refractivity contribution in [3.63, 3.8) is 0 Å². The van der Waals surface area contributed by atoms with Crippen molar-refractivity contribution in [1.29, 1.82) is 5.26 Å². The molecule has 0 saturated carbocycles. The zero-order valence-corrected chi connectivity index (χ0v) is 10.1. The molecule has 0 fully saturated rings. The van der Waals surface area contributed by atoms with Crippen LogP contribution in [0.1, 0.15) is 29.3 Å². The number of phenols is 1. The van der Waals surface area contributed by atoms with Crippen LogP contribution in [0.25, 0.3) is 0 Å². The molecule has 0 atom stereocenters. The summed E-state index contributed by atoms with van der Waals surface area (Å²) in [5.41, 5.74) is 1.30. The molecule has 0 aromatic heterocycles. The monoisotopic (exact) mass is 232 g/mol. The van der Waals surface area contributed by atoms with Crippen LogP contribution in [0.5, 0.6) is 5.75 Å². The van der Waals surface area contributed by atoms with E-state index in [2.05, 4.69) is 6.07 Å². The number of carbonyl (C=O) groups excluding carboxylic acids is 1. The van der Waals surface area contributed by atoms with Gasteiger partial charge in [-0.3, -0.25) is 4.79 Å². The van der Waals surface area contributed by atoms with Gasteiger partial charge in [0.05, 0.1) is 6.07 Å². The van der Waals surface area contributed by atoms with Crippen LogP contribution >= 0.6 is 0 Å². The molecule has 4 heteroatoms. The Labute approximate surface area is 101 Å². The summed E-state index contributed by atoms with van der Waals surface area (Å²) in [6, 6.07) is 6.90. The molecule has 90 valence electrons. The predicted molar refractivity (Wildman–Crippen MR) is 64.7 cm³/mol. The number of Topliss-reactive ketones (excluding diaryl/α,β-unsaturated/α-hetero) is 1. The first-order valence-electron chi connectivity index (χ1n) is 5.43. The predicted octanol–water partition coefficient (Wildman–Crippen LogP) is 1.94. The van der Waals surface area contributed by atoms with Crippen LogP contribution in [0.3, 0.4) is 0 Å². The summed E-state index contributed by atoms with van der Waals surface area (Å²) in [6.45, 7) is 2.66. The Morgan fingerprint density at radius 3 is 2.82 bits per heavy atom. The van der Waals surface area contributed by atoms with Crippen LogP contribution in [0, 0.1) is 11.3 Å². The number of benzene rings is 1. The van der Waals surface area contributed by atoms with Gasteiger partial charge in [0.2, 0.25) is 0 Å². The standard InChI is InChI=1S/C13H16N2O2/c1-10(16)11-4-5-13(17)12(8-11)9-15(2)7-3-6-14/h4-5,8,17H,3,7,9H2,1-2H3. The zero-order valence-electron chi connectivity index (χ0n) is 10.1. The summed E-state index contributed by atoms with van der Waals surface area (Å²) in [7, 11) is 1.87. The molecular formula is C13H16N2O2. The average molecular weight is 232 g/mol. The first kappa shape index (κ1) is 13.2. The molecule has 0 heterocycles. The lowest BCUT2D eigenvalue weighted by Crippen LogP contribution is -2.19. The quantitative estimate of drug-likeness (QED) is 0.788.